The third kappa shape index (κ3) is 6.26. The highest BCUT2D eigenvalue weighted by atomic mass is 19.3. The summed E-state index contributed by atoms with van der Waals surface area (Å²) >= 11 is 0. The van der Waals surface area contributed by atoms with Gasteiger partial charge in [-0.05, 0) is 92.3 Å². The summed E-state index contributed by atoms with van der Waals surface area (Å²) in [5, 5.41) is 18.5. The fraction of sp³-hybridized carbons (Fsp3) is 0.667. The number of hydrogen-bond donors (Lipinski definition) is 2. The maximum absolute atomic E-state index is 14.1. The zero-order valence-corrected chi connectivity index (χ0v) is 23.9. The van der Waals surface area contributed by atoms with Crippen LogP contribution in [0, 0.1) is 17.8 Å². The van der Waals surface area contributed by atoms with Crippen LogP contribution in [-0.2, 0) is 4.79 Å². The maximum Gasteiger partial charge on any atom is 0.276 e. The molecule has 230 valence electrons. The Bertz CT molecular complexity index is 1490. The molecule has 3 aromatic rings. The molecule has 2 N–H and O–H groups in total. The predicted octanol–water partition coefficient (Wildman–Crippen LogP) is 5.38. The largest absolute Gasteiger partial charge is 0.349 e. The normalized spacial score (nSPS) is 25.5. The van der Waals surface area contributed by atoms with Gasteiger partial charge < -0.3 is 10.6 Å². The molecule has 2 amide bonds. The second-order valence-electron chi connectivity index (χ2n) is 13.0. The van der Waals surface area contributed by atoms with Gasteiger partial charge in [0.25, 0.3) is 5.91 Å². The van der Waals surface area contributed by atoms with Gasteiger partial charge in [-0.15, -0.1) is 0 Å². The van der Waals surface area contributed by atoms with Crippen LogP contribution in [0.4, 0.5) is 13.2 Å². The first kappa shape index (κ1) is 28.3. The molecule has 2 unspecified atom stereocenters. The maximum atomic E-state index is 14.1. The third-order valence-corrected chi connectivity index (χ3v) is 9.61. The van der Waals surface area contributed by atoms with Crippen LogP contribution in [0.1, 0.15) is 122 Å². The minimum atomic E-state index is -2.72. The first-order valence-corrected chi connectivity index (χ1v) is 15.5. The van der Waals surface area contributed by atoms with Crippen LogP contribution in [0.3, 0.4) is 0 Å². The van der Waals surface area contributed by atoms with Gasteiger partial charge in [-0.25, -0.2) is 27.3 Å². The van der Waals surface area contributed by atoms with Gasteiger partial charge in [0, 0.05) is 25.2 Å². The Kier molecular flexibility index (Phi) is 7.37. The van der Waals surface area contributed by atoms with E-state index in [0.29, 0.717) is 42.2 Å². The molecule has 10 nitrogen and oxygen atoms in total. The number of amides is 2. The third-order valence-electron chi connectivity index (χ3n) is 9.61. The molecule has 7 rings (SSSR count). The van der Waals surface area contributed by atoms with Gasteiger partial charge in [-0.2, -0.15) is 5.10 Å². The molecule has 0 aromatic carbocycles. The van der Waals surface area contributed by atoms with E-state index >= 15 is 0 Å². The van der Waals surface area contributed by atoms with Crippen molar-refractivity contribution >= 4 is 17.5 Å². The number of halogens is 3. The van der Waals surface area contributed by atoms with E-state index in [0.717, 1.165) is 37.7 Å². The molecule has 3 heterocycles. The van der Waals surface area contributed by atoms with E-state index in [1.54, 1.807) is 16.9 Å². The number of alkyl halides is 3. The van der Waals surface area contributed by atoms with Crippen molar-refractivity contribution in [3.63, 3.8) is 0 Å². The quantitative estimate of drug-likeness (QED) is 0.320. The van der Waals surface area contributed by atoms with E-state index in [1.165, 1.54) is 0 Å². The lowest BCUT2D eigenvalue weighted by molar-refractivity contribution is -0.122. The predicted molar refractivity (Wildman–Crippen MR) is 147 cm³/mol. The number of rotatable bonds is 10. The molecule has 4 saturated carbocycles. The van der Waals surface area contributed by atoms with Crippen molar-refractivity contribution in [2.45, 2.75) is 107 Å². The number of imidazole rings is 1. The van der Waals surface area contributed by atoms with E-state index in [9.17, 15) is 22.8 Å². The highest BCUT2D eigenvalue weighted by Gasteiger charge is 2.41. The summed E-state index contributed by atoms with van der Waals surface area (Å²) in [5.41, 5.74) is 2.53. The molecule has 0 saturated heterocycles. The molecular formula is C30H36F3N7O3. The molecule has 4 aliphatic carbocycles. The van der Waals surface area contributed by atoms with Crippen LogP contribution in [0.15, 0.2) is 23.1 Å². The SMILES string of the molecule is O=C(CC1CCC(F)C1)N[C@@H](c1cnn2cc([C@@H](NC(=O)c3nonc3C3CC3)C3CCC(F)(F)CC3)nc2c1)C1CC1. The summed E-state index contributed by atoms with van der Waals surface area (Å²) in [6, 6.07) is 1.03. The Morgan fingerprint density at radius 2 is 1.77 bits per heavy atom. The number of carbonyl (C=O) groups is 2. The molecule has 13 heteroatoms. The van der Waals surface area contributed by atoms with Crippen LogP contribution in [0.25, 0.3) is 5.65 Å². The Hall–Kier alpha value is -3.51. The van der Waals surface area contributed by atoms with E-state index in [1.807, 2.05) is 6.07 Å². The zero-order chi connectivity index (χ0) is 29.7. The second kappa shape index (κ2) is 11.2. The molecular weight excluding hydrogens is 563 g/mol. The van der Waals surface area contributed by atoms with Crippen molar-refractivity contribution < 1.29 is 27.4 Å². The lowest BCUT2D eigenvalue weighted by atomic mass is 9.81. The van der Waals surface area contributed by atoms with Gasteiger partial charge in [0.15, 0.2) is 11.3 Å². The molecule has 3 aromatic heterocycles. The highest BCUT2D eigenvalue weighted by molar-refractivity contribution is 5.93. The van der Waals surface area contributed by atoms with Crippen molar-refractivity contribution in [1.29, 1.82) is 0 Å². The summed E-state index contributed by atoms with van der Waals surface area (Å²) in [6.07, 6.45) is 8.40. The number of hydrogen-bond acceptors (Lipinski definition) is 7. The van der Waals surface area contributed by atoms with Crippen molar-refractivity contribution in [2.75, 3.05) is 0 Å². The lowest BCUT2D eigenvalue weighted by Crippen LogP contribution is -2.37. The van der Waals surface area contributed by atoms with Crippen molar-refractivity contribution in [1.82, 2.24) is 35.5 Å². The summed E-state index contributed by atoms with van der Waals surface area (Å²) in [4.78, 5) is 31.1. The van der Waals surface area contributed by atoms with Crippen LogP contribution in [0.5, 0.6) is 0 Å². The molecule has 0 aliphatic heterocycles. The smallest absolute Gasteiger partial charge is 0.276 e. The average molecular weight is 600 g/mol. The van der Waals surface area contributed by atoms with Crippen LogP contribution in [-0.4, -0.2) is 48.8 Å². The number of nitrogens with one attached hydrogen (secondary N) is 2. The minimum Gasteiger partial charge on any atom is -0.349 e. The van der Waals surface area contributed by atoms with Gasteiger partial charge in [-0.3, -0.25) is 9.59 Å². The fourth-order valence-corrected chi connectivity index (χ4v) is 6.84. The zero-order valence-electron chi connectivity index (χ0n) is 23.9. The van der Waals surface area contributed by atoms with Crippen molar-refractivity contribution in [3.05, 3.63) is 41.1 Å². The minimum absolute atomic E-state index is 0.0746. The summed E-state index contributed by atoms with van der Waals surface area (Å²) in [6.45, 7) is 0. The number of aromatic nitrogens is 5. The van der Waals surface area contributed by atoms with Gasteiger partial charge in [0.05, 0.1) is 30.2 Å². The average Bonchev–Trinajstić information content (AvgIpc) is 3.87. The summed E-state index contributed by atoms with van der Waals surface area (Å²) in [5.74, 6) is -2.99. The molecule has 0 bridgehead atoms. The molecule has 43 heavy (non-hydrogen) atoms. The van der Waals surface area contributed by atoms with Gasteiger partial charge in [0.2, 0.25) is 11.8 Å². The lowest BCUT2D eigenvalue weighted by Gasteiger charge is -2.33. The number of fused-ring (bicyclic) bond motifs is 1. The molecule has 0 radical (unpaired) electrons. The Morgan fingerprint density at radius 3 is 2.47 bits per heavy atom. The van der Waals surface area contributed by atoms with Crippen molar-refractivity contribution in [2.24, 2.45) is 17.8 Å². The number of carbonyl (C=O) groups excluding carboxylic acids is 2. The molecule has 0 spiro atoms. The Balaban J connectivity index is 1.12. The molecule has 4 aliphatic rings. The second-order valence-corrected chi connectivity index (χ2v) is 13.0. The van der Waals surface area contributed by atoms with E-state index in [2.05, 4.69) is 26.0 Å². The number of nitrogens with zero attached hydrogens (tertiary/aromatic N) is 5. The van der Waals surface area contributed by atoms with Gasteiger partial charge in [0.1, 0.15) is 11.9 Å². The van der Waals surface area contributed by atoms with E-state index in [-0.39, 0.29) is 61.1 Å². The molecule has 4 atom stereocenters. The Labute approximate surface area is 246 Å². The fourth-order valence-electron chi connectivity index (χ4n) is 6.84. The van der Waals surface area contributed by atoms with Crippen LogP contribution in [0.2, 0.25) is 0 Å². The summed E-state index contributed by atoms with van der Waals surface area (Å²) < 4.78 is 48.2. The standard InChI is InChI=1S/C30H36F3N7O3/c31-21-6-1-16(11-21)12-24(41)36-25(17-2-3-17)20-13-23-35-22(15-40(23)34-14-20)26(19-7-9-30(32,33)10-8-19)37-29(42)28-27(18-4-5-18)38-43-39-28/h13-19,21,25-26H,1-12H2,(H,36,41)(H,37,42)/t16?,21?,25-,26+/m1/s1. The van der Waals surface area contributed by atoms with E-state index in [4.69, 9.17) is 9.61 Å². The van der Waals surface area contributed by atoms with Crippen LogP contribution >= 0.6 is 0 Å². The van der Waals surface area contributed by atoms with Crippen LogP contribution < -0.4 is 10.6 Å². The highest BCUT2D eigenvalue weighted by Crippen LogP contribution is 2.44. The first-order chi connectivity index (χ1) is 20.7. The summed E-state index contributed by atoms with van der Waals surface area (Å²) in [7, 11) is 0. The van der Waals surface area contributed by atoms with Gasteiger partial charge in [-0.1, -0.05) is 5.16 Å². The van der Waals surface area contributed by atoms with E-state index < -0.39 is 24.0 Å². The van der Waals surface area contributed by atoms with Crippen molar-refractivity contribution in [3.8, 4) is 0 Å². The van der Waals surface area contributed by atoms with Gasteiger partial charge >= 0.3 is 0 Å². The first-order valence-electron chi connectivity index (χ1n) is 15.5. The molecule has 4 fully saturated rings. The Morgan fingerprint density at radius 1 is 1.00 bits per heavy atom. The monoisotopic (exact) mass is 599 g/mol. The topological polar surface area (TPSA) is 127 Å².